The Morgan fingerprint density at radius 1 is 1.40 bits per heavy atom. The van der Waals surface area contributed by atoms with E-state index < -0.39 is 0 Å². The Kier molecular flexibility index (Phi) is 5.00. The van der Waals surface area contributed by atoms with Crippen LogP contribution < -0.4 is 4.74 Å². The smallest absolute Gasteiger partial charge is 0.225 e. The maximum Gasteiger partial charge on any atom is 0.225 e. The molecule has 1 aromatic carbocycles. The molecule has 0 spiro atoms. The average molecular weight is 272 g/mol. The third-order valence-corrected chi connectivity index (χ3v) is 3.62. The lowest BCUT2D eigenvalue weighted by Gasteiger charge is -2.30. The fourth-order valence-corrected chi connectivity index (χ4v) is 2.43. The number of amides is 1. The second kappa shape index (κ2) is 6.95. The molecule has 0 N–H and O–H groups in total. The van der Waals surface area contributed by atoms with Crippen molar-refractivity contribution in [3.63, 3.8) is 0 Å². The van der Waals surface area contributed by atoms with Gasteiger partial charge in [0.15, 0.2) is 0 Å². The summed E-state index contributed by atoms with van der Waals surface area (Å²) in [5, 5.41) is 8.70. The summed E-state index contributed by atoms with van der Waals surface area (Å²) in [5.41, 5.74) is 0.630. The minimum absolute atomic E-state index is 0.170. The van der Waals surface area contributed by atoms with Crippen LogP contribution in [-0.4, -0.2) is 30.5 Å². The molecule has 0 radical (unpaired) electrons. The van der Waals surface area contributed by atoms with Crippen molar-refractivity contribution in [3.8, 4) is 11.8 Å². The second-order valence-corrected chi connectivity index (χ2v) is 5.21. The lowest BCUT2D eigenvalue weighted by molar-refractivity contribution is -0.137. The molecule has 1 amide bonds. The Morgan fingerprint density at radius 3 is 2.85 bits per heavy atom. The third kappa shape index (κ3) is 3.74. The molecule has 1 unspecified atom stereocenters. The van der Waals surface area contributed by atoms with Gasteiger partial charge in [0, 0.05) is 19.0 Å². The number of nitrogens with zero attached hydrogens (tertiary/aromatic N) is 2. The van der Waals surface area contributed by atoms with Gasteiger partial charge in [-0.05, 0) is 43.5 Å². The van der Waals surface area contributed by atoms with E-state index in [0.29, 0.717) is 12.2 Å². The van der Waals surface area contributed by atoms with E-state index in [-0.39, 0.29) is 11.8 Å². The fourth-order valence-electron chi connectivity index (χ4n) is 2.43. The summed E-state index contributed by atoms with van der Waals surface area (Å²) in [6.07, 6.45) is 2.94. The summed E-state index contributed by atoms with van der Waals surface area (Å²) in [6.45, 7) is 4.23. The summed E-state index contributed by atoms with van der Waals surface area (Å²) >= 11 is 0. The summed E-state index contributed by atoms with van der Waals surface area (Å²) in [6, 6.07) is 9.15. The SMILES string of the molecule is CC1CCCN(CCCOc2ccc(C#N)cc2)C1=O. The van der Waals surface area contributed by atoms with Crippen molar-refractivity contribution in [1.29, 1.82) is 5.26 Å². The summed E-state index contributed by atoms with van der Waals surface area (Å²) < 4.78 is 5.61. The minimum atomic E-state index is 0.170. The molecule has 1 atom stereocenters. The molecule has 0 bridgehead atoms. The van der Waals surface area contributed by atoms with Crippen LogP contribution in [0.25, 0.3) is 0 Å². The van der Waals surface area contributed by atoms with Gasteiger partial charge in [0.2, 0.25) is 5.91 Å². The number of likely N-dealkylation sites (tertiary alicyclic amines) is 1. The van der Waals surface area contributed by atoms with Crippen molar-refractivity contribution >= 4 is 5.91 Å². The second-order valence-electron chi connectivity index (χ2n) is 5.21. The van der Waals surface area contributed by atoms with Crippen molar-refractivity contribution in [1.82, 2.24) is 4.90 Å². The maximum absolute atomic E-state index is 11.9. The average Bonchev–Trinajstić information content (AvgIpc) is 2.48. The summed E-state index contributed by atoms with van der Waals surface area (Å²) in [7, 11) is 0. The number of nitriles is 1. The summed E-state index contributed by atoms with van der Waals surface area (Å²) in [4.78, 5) is 13.9. The number of rotatable bonds is 5. The van der Waals surface area contributed by atoms with Crippen molar-refractivity contribution < 1.29 is 9.53 Å². The molecule has 4 nitrogen and oxygen atoms in total. The molecule has 0 aliphatic carbocycles. The highest BCUT2D eigenvalue weighted by Crippen LogP contribution is 2.17. The third-order valence-electron chi connectivity index (χ3n) is 3.62. The summed E-state index contributed by atoms with van der Waals surface area (Å²) in [5.74, 6) is 1.21. The lowest BCUT2D eigenvalue weighted by Crippen LogP contribution is -2.41. The highest BCUT2D eigenvalue weighted by molar-refractivity contribution is 5.79. The first kappa shape index (κ1) is 14.4. The van der Waals surface area contributed by atoms with Gasteiger partial charge in [-0.15, -0.1) is 0 Å². The number of ether oxygens (including phenoxy) is 1. The van der Waals surface area contributed by atoms with Gasteiger partial charge in [-0.2, -0.15) is 5.26 Å². The van der Waals surface area contributed by atoms with Gasteiger partial charge in [-0.1, -0.05) is 6.92 Å². The van der Waals surface area contributed by atoms with Crippen LogP contribution in [0.4, 0.5) is 0 Å². The molecule has 1 aromatic rings. The van der Waals surface area contributed by atoms with Gasteiger partial charge in [-0.25, -0.2) is 0 Å². The number of carbonyl (C=O) groups excluding carboxylic acids is 1. The van der Waals surface area contributed by atoms with E-state index in [0.717, 1.165) is 38.1 Å². The normalized spacial score (nSPS) is 18.7. The van der Waals surface area contributed by atoms with E-state index in [4.69, 9.17) is 10.00 Å². The zero-order chi connectivity index (χ0) is 14.4. The van der Waals surface area contributed by atoms with Crippen LogP contribution in [0.5, 0.6) is 5.75 Å². The van der Waals surface area contributed by atoms with Crippen molar-refractivity contribution in [2.45, 2.75) is 26.2 Å². The van der Waals surface area contributed by atoms with Crippen LogP contribution in [0, 0.1) is 17.2 Å². The van der Waals surface area contributed by atoms with E-state index >= 15 is 0 Å². The van der Waals surface area contributed by atoms with Crippen LogP contribution in [0.3, 0.4) is 0 Å². The van der Waals surface area contributed by atoms with E-state index in [9.17, 15) is 4.79 Å². The molecule has 1 fully saturated rings. The highest BCUT2D eigenvalue weighted by Gasteiger charge is 2.24. The molecular weight excluding hydrogens is 252 g/mol. The van der Waals surface area contributed by atoms with Gasteiger partial charge in [0.25, 0.3) is 0 Å². The zero-order valence-corrected chi connectivity index (χ0v) is 11.8. The van der Waals surface area contributed by atoms with Crippen LogP contribution in [0.2, 0.25) is 0 Å². The molecule has 1 aliphatic heterocycles. The standard InChI is InChI=1S/C16H20N2O2/c1-13-4-2-9-18(16(13)19)10-3-11-20-15-7-5-14(12-17)6-8-15/h5-8,13H,2-4,9-11H2,1H3. The molecule has 1 heterocycles. The number of hydrogen-bond donors (Lipinski definition) is 0. The molecule has 20 heavy (non-hydrogen) atoms. The monoisotopic (exact) mass is 272 g/mol. The molecular formula is C16H20N2O2. The molecule has 0 aromatic heterocycles. The number of piperidine rings is 1. The highest BCUT2D eigenvalue weighted by atomic mass is 16.5. The molecule has 0 saturated carbocycles. The largest absolute Gasteiger partial charge is 0.494 e. The van der Waals surface area contributed by atoms with Crippen LogP contribution in [0.1, 0.15) is 31.7 Å². The maximum atomic E-state index is 11.9. The van der Waals surface area contributed by atoms with E-state index in [2.05, 4.69) is 6.07 Å². The first-order chi connectivity index (χ1) is 9.70. The molecule has 1 saturated heterocycles. The van der Waals surface area contributed by atoms with Gasteiger partial charge in [0.1, 0.15) is 5.75 Å². The quantitative estimate of drug-likeness (QED) is 0.774. The van der Waals surface area contributed by atoms with Gasteiger partial charge >= 0.3 is 0 Å². The van der Waals surface area contributed by atoms with Crippen LogP contribution in [0.15, 0.2) is 24.3 Å². The predicted octanol–water partition coefficient (Wildman–Crippen LogP) is 2.59. The number of carbonyl (C=O) groups is 1. The molecule has 2 rings (SSSR count). The topological polar surface area (TPSA) is 53.3 Å². The van der Waals surface area contributed by atoms with E-state index in [1.54, 1.807) is 24.3 Å². The van der Waals surface area contributed by atoms with Crippen molar-refractivity contribution in [2.24, 2.45) is 5.92 Å². The Morgan fingerprint density at radius 2 is 2.15 bits per heavy atom. The molecule has 106 valence electrons. The Labute approximate surface area is 120 Å². The van der Waals surface area contributed by atoms with Crippen molar-refractivity contribution in [2.75, 3.05) is 19.7 Å². The zero-order valence-electron chi connectivity index (χ0n) is 11.8. The van der Waals surface area contributed by atoms with E-state index in [1.165, 1.54) is 0 Å². The Hall–Kier alpha value is -2.02. The minimum Gasteiger partial charge on any atom is -0.494 e. The van der Waals surface area contributed by atoms with Crippen LogP contribution in [-0.2, 0) is 4.79 Å². The molecule has 4 heteroatoms. The Balaban J connectivity index is 1.70. The molecule has 1 aliphatic rings. The first-order valence-electron chi connectivity index (χ1n) is 7.12. The number of hydrogen-bond acceptors (Lipinski definition) is 3. The van der Waals surface area contributed by atoms with E-state index in [1.807, 2.05) is 11.8 Å². The van der Waals surface area contributed by atoms with Gasteiger partial charge in [0.05, 0.1) is 18.2 Å². The van der Waals surface area contributed by atoms with Gasteiger partial charge < -0.3 is 9.64 Å². The van der Waals surface area contributed by atoms with Crippen LogP contribution >= 0.6 is 0 Å². The fraction of sp³-hybridized carbons (Fsp3) is 0.500. The Bertz CT molecular complexity index is 490. The lowest BCUT2D eigenvalue weighted by atomic mass is 9.99. The number of benzene rings is 1. The first-order valence-corrected chi connectivity index (χ1v) is 7.12. The predicted molar refractivity (Wildman–Crippen MR) is 76.2 cm³/mol. The van der Waals surface area contributed by atoms with Gasteiger partial charge in [-0.3, -0.25) is 4.79 Å². The van der Waals surface area contributed by atoms with Crippen molar-refractivity contribution in [3.05, 3.63) is 29.8 Å².